The second-order valence-corrected chi connectivity index (χ2v) is 6.42. The number of nitrogens with two attached hydrogens (primary N) is 1. The zero-order valence-electron chi connectivity index (χ0n) is 12.9. The minimum atomic E-state index is 0.452. The molecule has 1 fully saturated rings. The van der Waals surface area contributed by atoms with Crippen LogP contribution < -0.4 is 5.73 Å². The van der Waals surface area contributed by atoms with Crippen molar-refractivity contribution in [1.29, 1.82) is 0 Å². The summed E-state index contributed by atoms with van der Waals surface area (Å²) in [4.78, 5) is 0. The Morgan fingerprint density at radius 1 is 1.10 bits per heavy atom. The molecule has 1 aromatic carbocycles. The molecule has 3 rings (SSSR count). The predicted molar refractivity (Wildman–Crippen MR) is 86.3 cm³/mol. The van der Waals surface area contributed by atoms with E-state index >= 15 is 0 Å². The molecule has 2 N–H and O–H groups in total. The summed E-state index contributed by atoms with van der Waals surface area (Å²) in [6.45, 7) is 4.41. The van der Waals surface area contributed by atoms with E-state index in [0.717, 1.165) is 16.8 Å². The van der Waals surface area contributed by atoms with Gasteiger partial charge >= 0.3 is 0 Å². The molecular formula is C18H24N2O. The maximum Gasteiger partial charge on any atom is 0.230 e. The van der Waals surface area contributed by atoms with Gasteiger partial charge in [0.15, 0.2) is 0 Å². The van der Waals surface area contributed by atoms with Crippen molar-refractivity contribution >= 4 is 5.88 Å². The summed E-state index contributed by atoms with van der Waals surface area (Å²) in [6, 6.07) is 8.64. The molecule has 1 aliphatic carbocycles. The zero-order chi connectivity index (χ0) is 14.8. The quantitative estimate of drug-likeness (QED) is 0.853. The van der Waals surface area contributed by atoms with E-state index in [0.29, 0.717) is 17.7 Å². The number of benzene rings is 1. The lowest BCUT2D eigenvalue weighted by Gasteiger charge is -2.20. The number of rotatable bonds is 3. The van der Waals surface area contributed by atoms with Crippen molar-refractivity contribution in [3.63, 3.8) is 0 Å². The Bertz CT molecular complexity index is 592. The van der Waals surface area contributed by atoms with Gasteiger partial charge in [-0.15, -0.1) is 0 Å². The minimum Gasteiger partial charge on any atom is -0.367 e. The third-order valence-corrected chi connectivity index (χ3v) is 4.60. The first-order valence-electron chi connectivity index (χ1n) is 8.02. The van der Waals surface area contributed by atoms with E-state index in [9.17, 15) is 0 Å². The van der Waals surface area contributed by atoms with Crippen molar-refractivity contribution in [1.82, 2.24) is 5.16 Å². The molecular weight excluding hydrogens is 260 g/mol. The molecule has 0 unspecified atom stereocenters. The predicted octanol–water partition coefficient (Wildman–Crippen LogP) is 5.09. The minimum absolute atomic E-state index is 0.452. The van der Waals surface area contributed by atoms with Crippen molar-refractivity contribution in [2.24, 2.45) is 0 Å². The third-order valence-electron chi connectivity index (χ3n) is 4.60. The normalized spacial score (nSPS) is 16.5. The number of nitrogen functional groups attached to an aromatic ring is 1. The van der Waals surface area contributed by atoms with Crippen LogP contribution in [0.4, 0.5) is 5.88 Å². The fraction of sp³-hybridized carbons (Fsp3) is 0.500. The number of nitrogens with zero attached hydrogens (tertiary/aromatic N) is 1. The number of aromatic nitrogens is 1. The second kappa shape index (κ2) is 5.92. The van der Waals surface area contributed by atoms with Crippen LogP contribution in [0.2, 0.25) is 0 Å². The summed E-state index contributed by atoms with van der Waals surface area (Å²) in [5.74, 6) is 1.49. The van der Waals surface area contributed by atoms with Crippen LogP contribution in [0.1, 0.15) is 69.0 Å². The molecule has 0 atom stereocenters. The van der Waals surface area contributed by atoms with Crippen LogP contribution in [0.5, 0.6) is 0 Å². The van der Waals surface area contributed by atoms with Gasteiger partial charge < -0.3 is 10.3 Å². The highest BCUT2D eigenvalue weighted by Gasteiger charge is 2.25. The highest BCUT2D eigenvalue weighted by Crippen LogP contribution is 2.40. The van der Waals surface area contributed by atoms with Crippen molar-refractivity contribution in [2.75, 3.05) is 5.73 Å². The van der Waals surface area contributed by atoms with Crippen LogP contribution in [-0.2, 0) is 0 Å². The van der Waals surface area contributed by atoms with Crippen LogP contribution in [0.3, 0.4) is 0 Å². The molecule has 1 aliphatic rings. The Morgan fingerprint density at radius 2 is 1.76 bits per heavy atom. The lowest BCUT2D eigenvalue weighted by atomic mass is 9.84. The van der Waals surface area contributed by atoms with E-state index in [1.165, 1.54) is 37.7 Å². The van der Waals surface area contributed by atoms with Crippen molar-refractivity contribution in [2.45, 2.75) is 57.8 Å². The molecule has 0 spiro atoms. The fourth-order valence-corrected chi connectivity index (χ4v) is 3.30. The molecule has 1 heterocycles. The maximum atomic E-state index is 6.05. The van der Waals surface area contributed by atoms with E-state index in [4.69, 9.17) is 10.3 Å². The van der Waals surface area contributed by atoms with Crippen molar-refractivity contribution in [3.8, 4) is 11.1 Å². The summed E-state index contributed by atoms with van der Waals surface area (Å²) < 4.78 is 5.31. The Labute approximate surface area is 126 Å². The van der Waals surface area contributed by atoms with Crippen LogP contribution in [0.25, 0.3) is 11.1 Å². The van der Waals surface area contributed by atoms with Gasteiger partial charge in [0.1, 0.15) is 0 Å². The van der Waals surface area contributed by atoms with Gasteiger partial charge in [-0.3, -0.25) is 0 Å². The highest BCUT2D eigenvalue weighted by atomic mass is 16.5. The van der Waals surface area contributed by atoms with Gasteiger partial charge in [0, 0.05) is 5.92 Å². The van der Waals surface area contributed by atoms with E-state index in [2.05, 4.69) is 43.3 Å². The van der Waals surface area contributed by atoms with E-state index < -0.39 is 0 Å². The molecule has 21 heavy (non-hydrogen) atoms. The molecule has 0 radical (unpaired) electrons. The Balaban J connectivity index is 1.95. The smallest absolute Gasteiger partial charge is 0.230 e. The number of hydrogen-bond acceptors (Lipinski definition) is 3. The zero-order valence-corrected chi connectivity index (χ0v) is 12.9. The standard InChI is InChI=1S/C18H24N2O/c1-12(2)13-8-10-14(11-9-13)16-17(20-21-18(16)19)15-6-4-3-5-7-15/h8-12,15H,3-7,19H2,1-2H3. The molecule has 2 aromatic rings. The van der Waals surface area contributed by atoms with Gasteiger partial charge in [-0.2, -0.15) is 0 Å². The Kier molecular flexibility index (Phi) is 4.00. The van der Waals surface area contributed by atoms with Crippen molar-refractivity contribution in [3.05, 3.63) is 35.5 Å². The number of hydrogen-bond donors (Lipinski definition) is 1. The Morgan fingerprint density at radius 3 is 2.38 bits per heavy atom. The van der Waals surface area contributed by atoms with Gasteiger partial charge in [0.05, 0.1) is 11.3 Å². The summed E-state index contributed by atoms with van der Waals surface area (Å²) in [6.07, 6.45) is 6.29. The van der Waals surface area contributed by atoms with Gasteiger partial charge in [-0.1, -0.05) is 62.5 Å². The van der Waals surface area contributed by atoms with E-state index in [-0.39, 0.29) is 0 Å². The van der Waals surface area contributed by atoms with Gasteiger partial charge in [-0.05, 0) is 29.9 Å². The molecule has 112 valence electrons. The molecule has 0 saturated heterocycles. The van der Waals surface area contributed by atoms with Crippen LogP contribution in [-0.4, -0.2) is 5.16 Å². The molecule has 0 aliphatic heterocycles. The largest absolute Gasteiger partial charge is 0.367 e. The Hall–Kier alpha value is -1.77. The van der Waals surface area contributed by atoms with Gasteiger partial charge in [-0.25, -0.2) is 0 Å². The first kappa shape index (κ1) is 14.2. The number of anilines is 1. The lowest BCUT2D eigenvalue weighted by Crippen LogP contribution is -2.06. The topological polar surface area (TPSA) is 52.0 Å². The fourth-order valence-electron chi connectivity index (χ4n) is 3.30. The maximum absolute atomic E-state index is 6.05. The molecule has 3 nitrogen and oxygen atoms in total. The first-order valence-corrected chi connectivity index (χ1v) is 8.02. The lowest BCUT2D eigenvalue weighted by molar-refractivity contribution is 0.388. The summed E-state index contributed by atoms with van der Waals surface area (Å²) >= 11 is 0. The van der Waals surface area contributed by atoms with Crippen LogP contribution >= 0.6 is 0 Å². The molecule has 0 amide bonds. The average Bonchev–Trinajstić information content (AvgIpc) is 2.90. The van der Waals surface area contributed by atoms with Crippen molar-refractivity contribution < 1.29 is 4.52 Å². The van der Waals surface area contributed by atoms with Gasteiger partial charge in [0.25, 0.3) is 0 Å². The molecule has 3 heteroatoms. The summed E-state index contributed by atoms with van der Waals surface area (Å²) in [7, 11) is 0. The van der Waals surface area contributed by atoms with E-state index in [1.807, 2.05) is 0 Å². The second-order valence-electron chi connectivity index (χ2n) is 6.42. The van der Waals surface area contributed by atoms with Crippen LogP contribution in [0.15, 0.2) is 28.8 Å². The molecule has 1 aromatic heterocycles. The van der Waals surface area contributed by atoms with E-state index in [1.54, 1.807) is 0 Å². The SMILES string of the molecule is CC(C)c1ccc(-c2c(C3CCCCC3)noc2N)cc1. The third kappa shape index (κ3) is 2.82. The van der Waals surface area contributed by atoms with Crippen LogP contribution in [0, 0.1) is 0 Å². The monoisotopic (exact) mass is 284 g/mol. The summed E-state index contributed by atoms with van der Waals surface area (Å²) in [5.41, 5.74) is 10.6. The molecule has 0 bridgehead atoms. The molecule has 1 saturated carbocycles. The highest BCUT2D eigenvalue weighted by molar-refractivity contribution is 5.75. The summed E-state index contributed by atoms with van der Waals surface area (Å²) in [5, 5.41) is 4.27. The van der Waals surface area contributed by atoms with Gasteiger partial charge in [0.2, 0.25) is 5.88 Å². The first-order chi connectivity index (χ1) is 10.2. The average molecular weight is 284 g/mol.